The van der Waals surface area contributed by atoms with Gasteiger partial charge in [0.05, 0.1) is 0 Å². The molecule has 0 heterocycles. The molecule has 27 heavy (non-hydrogen) atoms. The van der Waals surface area contributed by atoms with Gasteiger partial charge in [-0.15, -0.1) is 0 Å². The number of likely N-dealkylation sites (N-methyl/N-ethyl adjacent to an activating group) is 1. The fourth-order valence-corrected chi connectivity index (χ4v) is 3.55. The van der Waals surface area contributed by atoms with Crippen molar-refractivity contribution in [2.24, 2.45) is 17.1 Å². The second kappa shape index (κ2) is 11.1. The van der Waals surface area contributed by atoms with Gasteiger partial charge >= 0.3 is 0 Å². The zero-order valence-electron chi connectivity index (χ0n) is 18.4. The summed E-state index contributed by atoms with van der Waals surface area (Å²) in [7, 11) is 1.89. The minimum Gasteiger partial charge on any atom is -0.389 e. The number of hydrogen-bond acceptors (Lipinski definition) is 2. The SMILES string of the molecule is C=C(/C=C/c1ccc(C)c(/C=C(\CCCN)CC(C)CC(C)(C)C)c1)NC. The molecule has 1 rings (SSSR count). The molecule has 0 aliphatic carbocycles. The minimum absolute atomic E-state index is 0.370. The first-order valence-electron chi connectivity index (χ1n) is 10.2. The van der Waals surface area contributed by atoms with Crippen LogP contribution in [0.1, 0.15) is 70.1 Å². The fraction of sp³-hybridized carbons (Fsp3) is 0.520. The number of rotatable bonds is 10. The monoisotopic (exact) mass is 368 g/mol. The third-order valence-corrected chi connectivity index (χ3v) is 4.73. The predicted octanol–water partition coefficient (Wildman–Crippen LogP) is 6.33. The zero-order valence-corrected chi connectivity index (χ0v) is 18.4. The largest absolute Gasteiger partial charge is 0.389 e. The first kappa shape index (κ1) is 23.2. The maximum Gasteiger partial charge on any atom is 0.0264 e. The Kier molecular flexibility index (Phi) is 9.59. The van der Waals surface area contributed by atoms with Crippen LogP contribution >= 0.6 is 0 Å². The van der Waals surface area contributed by atoms with Crippen LogP contribution in [0.15, 0.2) is 42.1 Å². The highest BCUT2D eigenvalue weighted by Gasteiger charge is 2.16. The number of benzene rings is 1. The second-order valence-corrected chi connectivity index (χ2v) is 8.99. The van der Waals surface area contributed by atoms with Crippen LogP contribution in [0.25, 0.3) is 12.2 Å². The van der Waals surface area contributed by atoms with E-state index in [-0.39, 0.29) is 0 Å². The molecule has 2 heteroatoms. The van der Waals surface area contributed by atoms with Crippen molar-refractivity contribution in [3.05, 3.63) is 58.8 Å². The Hall–Kier alpha value is -1.80. The lowest BCUT2D eigenvalue weighted by Gasteiger charge is -2.24. The van der Waals surface area contributed by atoms with E-state index < -0.39 is 0 Å². The maximum atomic E-state index is 5.79. The topological polar surface area (TPSA) is 38.0 Å². The van der Waals surface area contributed by atoms with Crippen LogP contribution in [0.5, 0.6) is 0 Å². The molecular formula is C25H40N2. The zero-order chi connectivity index (χ0) is 20.4. The van der Waals surface area contributed by atoms with Gasteiger partial charge in [0.2, 0.25) is 0 Å². The van der Waals surface area contributed by atoms with Gasteiger partial charge in [-0.25, -0.2) is 0 Å². The van der Waals surface area contributed by atoms with Gasteiger partial charge in [-0.05, 0) is 79.3 Å². The summed E-state index contributed by atoms with van der Waals surface area (Å²) in [6.07, 6.45) is 11.0. The van der Waals surface area contributed by atoms with Crippen LogP contribution in [0.3, 0.4) is 0 Å². The number of aryl methyl sites for hydroxylation is 1. The average molecular weight is 369 g/mol. The molecule has 1 aromatic rings. The molecule has 0 saturated carbocycles. The van der Waals surface area contributed by atoms with Crippen LogP contribution in [0.4, 0.5) is 0 Å². The minimum atomic E-state index is 0.370. The van der Waals surface area contributed by atoms with E-state index in [1.807, 2.05) is 13.1 Å². The first-order valence-corrected chi connectivity index (χ1v) is 10.2. The molecule has 0 bridgehead atoms. The predicted molar refractivity (Wildman–Crippen MR) is 123 cm³/mol. The Morgan fingerprint density at radius 1 is 1.30 bits per heavy atom. The molecule has 1 unspecified atom stereocenters. The maximum absolute atomic E-state index is 5.79. The van der Waals surface area contributed by atoms with E-state index in [4.69, 9.17) is 5.73 Å². The Labute approximate surface area is 167 Å². The van der Waals surface area contributed by atoms with Crippen LogP contribution < -0.4 is 11.1 Å². The van der Waals surface area contributed by atoms with Crippen molar-refractivity contribution in [1.29, 1.82) is 0 Å². The Morgan fingerprint density at radius 3 is 2.59 bits per heavy atom. The van der Waals surface area contributed by atoms with Gasteiger partial charge in [0, 0.05) is 12.7 Å². The van der Waals surface area contributed by atoms with Crippen LogP contribution in [0, 0.1) is 18.3 Å². The van der Waals surface area contributed by atoms with Crippen LogP contribution in [-0.4, -0.2) is 13.6 Å². The van der Waals surface area contributed by atoms with E-state index in [0.717, 1.165) is 31.5 Å². The Bertz CT molecular complexity index is 659. The molecule has 0 spiro atoms. The molecule has 0 aliphatic rings. The molecule has 2 nitrogen and oxygen atoms in total. The van der Waals surface area contributed by atoms with Crippen molar-refractivity contribution in [2.75, 3.05) is 13.6 Å². The summed E-state index contributed by atoms with van der Waals surface area (Å²) in [6, 6.07) is 6.63. The molecule has 3 N–H and O–H groups in total. The molecule has 0 amide bonds. The van der Waals surface area contributed by atoms with Crippen molar-refractivity contribution >= 4 is 12.2 Å². The molecular weight excluding hydrogens is 328 g/mol. The van der Waals surface area contributed by atoms with Crippen LogP contribution in [-0.2, 0) is 0 Å². The van der Waals surface area contributed by atoms with Crippen molar-refractivity contribution in [2.45, 2.75) is 60.3 Å². The highest BCUT2D eigenvalue weighted by molar-refractivity contribution is 5.63. The van der Waals surface area contributed by atoms with Gasteiger partial charge in [0.25, 0.3) is 0 Å². The lowest BCUT2D eigenvalue weighted by Crippen LogP contribution is -2.12. The van der Waals surface area contributed by atoms with Crippen molar-refractivity contribution in [3.63, 3.8) is 0 Å². The molecule has 1 aromatic carbocycles. The summed E-state index contributed by atoms with van der Waals surface area (Å²) in [4.78, 5) is 0. The smallest absolute Gasteiger partial charge is 0.0264 e. The molecule has 0 fully saturated rings. The van der Waals surface area contributed by atoms with E-state index in [0.29, 0.717) is 11.3 Å². The second-order valence-electron chi connectivity index (χ2n) is 8.99. The Morgan fingerprint density at radius 2 is 2.00 bits per heavy atom. The first-order chi connectivity index (χ1) is 12.6. The lowest BCUT2D eigenvalue weighted by molar-refractivity contribution is 0.305. The number of nitrogens with two attached hydrogens (primary N) is 1. The summed E-state index contributed by atoms with van der Waals surface area (Å²) in [5.41, 5.74) is 12.4. The number of hydrogen-bond donors (Lipinski definition) is 2. The van der Waals surface area contributed by atoms with Crippen molar-refractivity contribution in [3.8, 4) is 0 Å². The van der Waals surface area contributed by atoms with E-state index in [2.05, 4.69) is 76.9 Å². The average Bonchev–Trinajstić information content (AvgIpc) is 2.58. The summed E-state index contributed by atoms with van der Waals surface area (Å²) < 4.78 is 0. The molecule has 150 valence electrons. The molecule has 0 aliphatic heterocycles. The highest BCUT2D eigenvalue weighted by Crippen LogP contribution is 2.30. The van der Waals surface area contributed by atoms with Gasteiger partial charge in [0.1, 0.15) is 0 Å². The van der Waals surface area contributed by atoms with Gasteiger partial charge in [0.15, 0.2) is 0 Å². The third kappa shape index (κ3) is 9.63. The molecule has 0 aromatic heterocycles. The third-order valence-electron chi connectivity index (χ3n) is 4.73. The van der Waals surface area contributed by atoms with Gasteiger partial charge < -0.3 is 11.1 Å². The quantitative estimate of drug-likeness (QED) is 0.474. The Balaban J connectivity index is 3.06. The van der Waals surface area contributed by atoms with E-state index >= 15 is 0 Å². The van der Waals surface area contributed by atoms with Gasteiger partial charge in [-0.2, -0.15) is 0 Å². The van der Waals surface area contributed by atoms with E-state index in [1.165, 1.54) is 28.7 Å². The molecule has 0 radical (unpaired) electrons. The van der Waals surface area contributed by atoms with Crippen LogP contribution in [0.2, 0.25) is 0 Å². The summed E-state index contributed by atoms with van der Waals surface area (Å²) in [5, 5.41) is 3.05. The summed E-state index contributed by atoms with van der Waals surface area (Å²) in [5.74, 6) is 0.677. The van der Waals surface area contributed by atoms with Crippen molar-refractivity contribution < 1.29 is 0 Å². The normalized spacial score (nSPS) is 13.8. The molecule has 1 atom stereocenters. The van der Waals surface area contributed by atoms with Gasteiger partial charge in [-0.3, -0.25) is 0 Å². The molecule has 0 saturated heterocycles. The lowest BCUT2D eigenvalue weighted by atomic mass is 9.82. The van der Waals surface area contributed by atoms with Gasteiger partial charge in [-0.1, -0.05) is 64.1 Å². The fourth-order valence-electron chi connectivity index (χ4n) is 3.55. The standard InChI is InChI=1S/C25H40N2/c1-19(18-25(4,5)6)15-23(9-8-14-26)17-24-16-22(12-10-20(24)2)13-11-21(3)27-7/h10-13,16-17,19,27H,3,8-9,14-15,18,26H2,1-2,4-7H3/b13-11+,23-17+. The number of allylic oxidation sites excluding steroid dienone is 2. The summed E-state index contributed by atoms with van der Waals surface area (Å²) >= 11 is 0. The van der Waals surface area contributed by atoms with Crippen molar-refractivity contribution in [1.82, 2.24) is 5.32 Å². The highest BCUT2D eigenvalue weighted by atomic mass is 14.8. The summed E-state index contributed by atoms with van der Waals surface area (Å²) in [6.45, 7) is 16.2. The number of nitrogens with one attached hydrogen (secondary N) is 1. The van der Waals surface area contributed by atoms with E-state index in [9.17, 15) is 0 Å². The van der Waals surface area contributed by atoms with E-state index in [1.54, 1.807) is 0 Å².